The molecule has 0 atom stereocenters. The minimum absolute atomic E-state index is 0.0798. The quantitative estimate of drug-likeness (QED) is 0.698. The third-order valence-electron chi connectivity index (χ3n) is 2.50. The molecule has 0 aromatic carbocycles. The third kappa shape index (κ3) is 2.01. The maximum absolute atomic E-state index is 12.0. The summed E-state index contributed by atoms with van der Waals surface area (Å²) in [7, 11) is 0. The molecule has 0 unspecified atom stereocenters. The van der Waals surface area contributed by atoms with Crippen molar-refractivity contribution in [2.75, 3.05) is 0 Å². The first kappa shape index (κ1) is 11.7. The lowest BCUT2D eigenvalue weighted by atomic mass is 10.1. The van der Waals surface area contributed by atoms with E-state index in [4.69, 9.17) is 0 Å². The van der Waals surface area contributed by atoms with Gasteiger partial charge in [-0.05, 0) is 46.2 Å². The molecule has 15 heavy (non-hydrogen) atoms. The molecule has 0 aliphatic carbocycles. The number of pyridine rings is 1. The summed E-state index contributed by atoms with van der Waals surface area (Å²) < 4.78 is 1.66. The molecule has 1 aromatic heterocycles. The average molecular weight is 207 g/mol. The summed E-state index contributed by atoms with van der Waals surface area (Å²) in [5, 5.41) is 0. The molecule has 1 rings (SSSR count). The van der Waals surface area contributed by atoms with Crippen LogP contribution in [0.3, 0.4) is 0 Å². The molecule has 0 aliphatic rings. The predicted molar refractivity (Wildman–Crippen MR) is 60.6 cm³/mol. The Morgan fingerprint density at radius 2 is 1.87 bits per heavy atom. The number of ketones is 1. The van der Waals surface area contributed by atoms with Gasteiger partial charge < -0.3 is 4.57 Å². The Bertz CT molecular complexity index is 455. The molecule has 3 nitrogen and oxygen atoms in total. The standard InChI is InChI=1S/C12H17NO2/c1-7(2)13-9(4)6-8(3)11(10(5)14)12(13)15/h6-7H,1-5H3. The summed E-state index contributed by atoms with van der Waals surface area (Å²) in [6.45, 7) is 9.00. The molecule has 0 fully saturated rings. The second kappa shape index (κ2) is 4.01. The van der Waals surface area contributed by atoms with Crippen LogP contribution in [0.1, 0.15) is 48.4 Å². The predicted octanol–water partition coefficient (Wildman–Crippen LogP) is 2.25. The second-order valence-electron chi connectivity index (χ2n) is 4.17. The van der Waals surface area contributed by atoms with Gasteiger partial charge in [0, 0.05) is 11.7 Å². The van der Waals surface area contributed by atoms with E-state index in [1.807, 2.05) is 26.8 Å². The van der Waals surface area contributed by atoms with E-state index in [1.54, 1.807) is 11.5 Å². The summed E-state index contributed by atoms with van der Waals surface area (Å²) in [4.78, 5) is 23.4. The van der Waals surface area contributed by atoms with E-state index in [9.17, 15) is 9.59 Å². The maximum Gasteiger partial charge on any atom is 0.262 e. The van der Waals surface area contributed by atoms with Gasteiger partial charge in [-0.25, -0.2) is 0 Å². The summed E-state index contributed by atoms with van der Waals surface area (Å²) >= 11 is 0. The van der Waals surface area contributed by atoms with Crippen LogP contribution in [-0.4, -0.2) is 10.4 Å². The maximum atomic E-state index is 12.0. The second-order valence-corrected chi connectivity index (χ2v) is 4.17. The summed E-state index contributed by atoms with van der Waals surface area (Å²) in [5.41, 5.74) is 1.81. The van der Waals surface area contributed by atoms with Crippen LogP contribution in [-0.2, 0) is 0 Å². The molecule has 0 saturated carbocycles. The Balaban J connectivity index is 3.65. The lowest BCUT2D eigenvalue weighted by Crippen LogP contribution is -2.29. The minimum atomic E-state index is -0.171. The highest BCUT2D eigenvalue weighted by molar-refractivity contribution is 5.95. The molecule has 0 radical (unpaired) electrons. The Kier molecular flexibility index (Phi) is 3.12. The first-order valence-corrected chi connectivity index (χ1v) is 5.10. The zero-order valence-electron chi connectivity index (χ0n) is 9.92. The fraction of sp³-hybridized carbons (Fsp3) is 0.500. The molecule has 1 heterocycles. The Hall–Kier alpha value is -1.38. The minimum Gasteiger partial charge on any atom is -0.310 e. The Labute approximate surface area is 89.7 Å². The van der Waals surface area contributed by atoms with E-state index < -0.39 is 0 Å². The van der Waals surface area contributed by atoms with Crippen LogP contribution >= 0.6 is 0 Å². The van der Waals surface area contributed by atoms with Crippen molar-refractivity contribution in [3.8, 4) is 0 Å². The number of rotatable bonds is 2. The first-order chi connectivity index (χ1) is 6.86. The van der Waals surface area contributed by atoms with Gasteiger partial charge in [0.05, 0.1) is 5.56 Å². The molecule has 0 N–H and O–H groups in total. The number of carbonyl (C=O) groups excluding carboxylic acids is 1. The highest BCUT2D eigenvalue weighted by Gasteiger charge is 2.15. The monoisotopic (exact) mass is 207 g/mol. The number of Topliss-reactive ketones (excluding diaryl/α,β-unsaturated/α-hetero) is 1. The lowest BCUT2D eigenvalue weighted by Gasteiger charge is -2.16. The van der Waals surface area contributed by atoms with Crippen molar-refractivity contribution >= 4 is 5.78 Å². The van der Waals surface area contributed by atoms with Crippen LogP contribution in [0.5, 0.6) is 0 Å². The van der Waals surface area contributed by atoms with Crippen molar-refractivity contribution in [2.45, 2.75) is 40.7 Å². The van der Waals surface area contributed by atoms with Gasteiger partial charge in [0.25, 0.3) is 5.56 Å². The molecule has 0 spiro atoms. The molecule has 0 saturated heterocycles. The van der Waals surface area contributed by atoms with E-state index in [0.717, 1.165) is 11.3 Å². The van der Waals surface area contributed by atoms with Crippen molar-refractivity contribution in [3.63, 3.8) is 0 Å². The van der Waals surface area contributed by atoms with Crippen molar-refractivity contribution < 1.29 is 4.79 Å². The van der Waals surface area contributed by atoms with Crippen molar-refractivity contribution in [2.24, 2.45) is 0 Å². The number of carbonyl (C=O) groups is 1. The van der Waals surface area contributed by atoms with Crippen LogP contribution in [0, 0.1) is 13.8 Å². The summed E-state index contributed by atoms with van der Waals surface area (Å²) in [6.07, 6.45) is 0. The number of aryl methyl sites for hydroxylation is 2. The van der Waals surface area contributed by atoms with Gasteiger partial charge in [-0.2, -0.15) is 0 Å². The summed E-state index contributed by atoms with van der Waals surface area (Å²) in [5.74, 6) is -0.160. The first-order valence-electron chi connectivity index (χ1n) is 5.10. The zero-order chi connectivity index (χ0) is 11.7. The Morgan fingerprint density at radius 1 is 1.33 bits per heavy atom. The third-order valence-corrected chi connectivity index (χ3v) is 2.50. The molecule has 3 heteroatoms. The van der Waals surface area contributed by atoms with Crippen molar-refractivity contribution in [1.29, 1.82) is 0 Å². The molecular weight excluding hydrogens is 190 g/mol. The fourth-order valence-corrected chi connectivity index (χ4v) is 1.97. The molecular formula is C12H17NO2. The van der Waals surface area contributed by atoms with E-state index in [-0.39, 0.29) is 17.4 Å². The van der Waals surface area contributed by atoms with Gasteiger partial charge in [-0.15, -0.1) is 0 Å². The van der Waals surface area contributed by atoms with Gasteiger partial charge in [-0.1, -0.05) is 0 Å². The molecule has 0 aliphatic heterocycles. The number of hydrogen-bond donors (Lipinski definition) is 0. The highest BCUT2D eigenvalue weighted by Crippen LogP contribution is 2.11. The van der Waals surface area contributed by atoms with Gasteiger partial charge in [0.15, 0.2) is 5.78 Å². The molecule has 0 amide bonds. The highest BCUT2D eigenvalue weighted by atomic mass is 16.1. The van der Waals surface area contributed by atoms with Gasteiger partial charge in [-0.3, -0.25) is 9.59 Å². The normalized spacial score (nSPS) is 10.8. The number of aromatic nitrogens is 1. The zero-order valence-corrected chi connectivity index (χ0v) is 9.92. The SMILES string of the molecule is CC(=O)c1c(C)cc(C)n(C(C)C)c1=O. The molecule has 1 aromatic rings. The summed E-state index contributed by atoms with van der Waals surface area (Å²) in [6, 6.07) is 1.97. The van der Waals surface area contributed by atoms with Gasteiger partial charge >= 0.3 is 0 Å². The van der Waals surface area contributed by atoms with Crippen molar-refractivity contribution in [1.82, 2.24) is 4.57 Å². The van der Waals surface area contributed by atoms with Crippen LogP contribution in [0.15, 0.2) is 10.9 Å². The van der Waals surface area contributed by atoms with Crippen LogP contribution in [0.25, 0.3) is 0 Å². The van der Waals surface area contributed by atoms with Crippen LogP contribution < -0.4 is 5.56 Å². The van der Waals surface area contributed by atoms with E-state index in [2.05, 4.69) is 0 Å². The fourth-order valence-electron chi connectivity index (χ4n) is 1.97. The largest absolute Gasteiger partial charge is 0.310 e. The average Bonchev–Trinajstić information content (AvgIpc) is 1.99. The van der Waals surface area contributed by atoms with Crippen LogP contribution in [0.2, 0.25) is 0 Å². The number of nitrogens with zero attached hydrogens (tertiary/aromatic N) is 1. The van der Waals surface area contributed by atoms with E-state index in [0.29, 0.717) is 5.56 Å². The van der Waals surface area contributed by atoms with Crippen LogP contribution in [0.4, 0.5) is 0 Å². The molecule has 82 valence electrons. The van der Waals surface area contributed by atoms with Gasteiger partial charge in [0.1, 0.15) is 0 Å². The lowest BCUT2D eigenvalue weighted by molar-refractivity contribution is 0.101. The van der Waals surface area contributed by atoms with E-state index in [1.165, 1.54) is 6.92 Å². The topological polar surface area (TPSA) is 39.1 Å². The molecule has 0 bridgehead atoms. The van der Waals surface area contributed by atoms with Gasteiger partial charge in [0.2, 0.25) is 0 Å². The van der Waals surface area contributed by atoms with E-state index >= 15 is 0 Å². The number of hydrogen-bond acceptors (Lipinski definition) is 2. The smallest absolute Gasteiger partial charge is 0.262 e. The Morgan fingerprint density at radius 3 is 2.27 bits per heavy atom. The van der Waals surface area contributed by atoms with Crippen molar-refractivity contribution in [3.05, 3.63) is 33.2 Å².